The molecule has 1 aliphatic rings. The number of rotatable bonds is 0. The number of para-hydroxylation sites is 1. The monoisotopic (exact) mass is 189 g/mol. The zero-order valence-electron chi connectivity index (χ0n) is 8.33. The summed E-state index contributed by atoms with van der Waals surface area (Å²) >= 11 is 0. The summed E-state index contributed by atoms with van der Waals surface area (Å²) in [7, 11) is 0. The average molecular weight is 189 g/mol. The van der Waals surface area contributed by atoms with Gasteiger partial charge in [0.1, 0.15) is 0 Å². The van der Waals surface area contributed by atoms with Crippen molar-refractivity contribution in [3.05, 3.63) is 29.8 Å². The number of hydrogen-bond acceptors (Lipinski definition) is 1. The molecule has 0 saturated carbocycles. The van der Waals surface area contributed by atoms with Crippen LogP contribution in [0.3, 0.4) is 0 Å². The van der Waals surface area contributed by atoms with Crippen molar-refractivity contribution in [2.75, 3.05) is 4.90 Å². The number of nitrogens with zero attached hydrogens (tertiary/aromatic N) is 1. The Morgan fingerprint density at radius 1 is 1.50 bits per heavy atom. The van der Waals surface area contributed by atoms with Crippen molar-refractivity contribution >= 4 is 11.6 Å². The highest BCUT2D eigenvalue weighted by atomic mass is 15.3. The molecule has 14 heavy (non-hydrogen) atoms. The molecule has 3 nitrogen and oxygen atoms in total. The maximum atomic E-state index is 7.55. The lowest BCUT2D eigenvalue weighted by Crippen LogP contribution is -2.45. The molecule has 0 spiro atoms. The van der Waals surface area contributed by atoms with Crippen molar-refractivity contribution in [1.29, 1.82) is 5.41 Å². The van der Waals surface area contributed by atoms with E-state index in [4.69, 9.17) is 11.1 Å². The van der Waals surface area contributed by atoms with Crippen LogP contribution in [0.15, 0.2) is 24.3 Å². The fraction of sp³-hybridized carbons (Fsp3) is 0.364. The number of anilines is 1. The average Bonchev–Trinajstić information content (AvgIpc) is 2.17. The molecular weight excluding hydrogens is 174 g/mol. The minimum Gasteiger partial charge on any atom is -0.370 e. The van der Waals surface area contributed by atoms with Crippen molar-refractivity contribution < 1.29 is 0 Å². The van der Waals surface area contributed by atoms with Gasteiger partial charge in [-0.2, -0.15) is 0 Å². The van der Waals surface area contributed by atoms with E-state index in [9.17, 15) is 0 Å². The van der Waals surface area contributed by atoms with E-state index in [0.717, 1.165) is 18.5 Å². The van der Waals surface area contributed by atoms with Gasteiger partial charge in [0.15, 0.2) is 5.96 Å². The molecule has 0 aliphatic carbocycles. The number of benzene rings is 1. The normalized spacial score (nSPS) is 20.4. The largest absolute Gasteiger partial charge is 0.370 e. The molecule has 1 aliphatic heterocycles. The van der Waals surface area contributed by atoms with Crippen molar-refractivity contribution in [3.8, 4) is 0 Å². The Morgan fingerprint density at radius 2 is 2.21 bits per heavy atom. The van der Waals surface area contributed by atoms with Crippen LogP contribution in [-0.4, -0.2) is 12.0 Å². The molecule has 1 heterocycles. The van der Waals surface area contributed by atoms with E-state index in [1.807, 2.05) is 23.1 Å². The first-order chi connectivity index (χ1) is 6.70. The lowest BCUT2D eigenvalue weighted by molar-refractivity contribution is 0.625. The third kappa shape index (κ3) is 1.35. The molecule has 0 amide bonds. The molecule has 74 valence electrons. The van der Waals surface area contributed by atoms with Crippen molar-refractivity contribution in [2.45, 2.75) is 25.8 Å². The van der Waals surface area contributed by atoms with Crippen molar-refractivity contribution in [2.24, 2.45) is 5.73 Å². The van der Waals surface area contributed by atoms with Crippen LogP contribution in [0.25, 0.3) is 0 Å². The van der Waals surface area contributed by atoms with Crippen molar-refractivity contribution in [1.82, 2.24) is 0 Å². The lowest BCUT2D eigenvalue weighted by atomic mass is 9.97. The minimum absolute atomic E-state index is 0.143. The lowest BCUT2D eigenvalue weighted by Gasteiger charge is -2.35. The molecule has 1 aromatic carbocycles. The maximum absolute atomic E-state index is 7.55. The number of guanidine groups is 1. The van der Waals surface area contributed by atoms with Crippen LogP contribution in [0.1, 0.15) is 18.9 Å². The standard InChI is InChI=1S/C11H15N3/c1-8-6-7-9-4-2-3-5-10(9)14(8)11(12)13/h2-5,8H,6-7H2,1H3,(H3,12,13). The highest BCUT2D eigenvalue weighted by Gasteiger charge is 2.24. The van der Waals surface area contributed by atoms with E-state index in [2.05, 4.69) is 13.0 Å². The molecule has 3 N–H and O–H groups in total. The first kappa shape index (κ1) is 9.06. The second-order valence-corrected chi connectivity index (χ2v) is 3.77. The third-order valence-electron chi connectivity index (χ3n) is 2.78. The summed E-state index contributed by atoms with van der Waals surface area (Å²) in [6.07, 6.45) is 2.15. The molecule has 0 aromatic heterocycles. The summed E-state index contributed by atoms with van der Waals surface area (Å²) < 4.78 is 0. The number of fused-ring (bicyclic) bond motifs is 1. The van der Waals surface area contributed by atoms with E-state index in [0.29, 0.717) is 6.04 Å². The zero-order chi connectivity index (χ0) is 10.1. The predicted octanol–water partition coefficient (Wildman–Crippen LogP) is 1.72. The van der Waals surface area contributed by atoms with E-state index in [1.165, 1.54) is 5.56 Å². The number of nitrogens with one attached hydrogen (secondary N) is 1. The van der Waals surface area contributed by atoms with Gasteiger partial charge in [0.05, 0.1) is 0 Å². The van der Waals surface area contributed by atoms with E-state index in [1.54, 1.807) is 0 Å². The quantitative estimate of drug-likeness (QED) is 0.482. The Kier molecular flexibility index (Phi) is 2.15. The highest BCUT2D eigenvalue weighted by Crippen LogP contribution is 2.29. The smallest absolute Gasteiger partial charge is 0.193 e. The maximum Gasteiger partial charge on any atom is 0.193 e. The molecule has 3 heteroatoms. The molecule has 1 aromatic rings. The van der Waals surface area contributed by atoms with Crippen LogP contribution in [-0.2, 0) is 6.42 Å². The Hall–Kier alpha value is -1.51. The second kappa shape index (κ2) is 3.33. The van der Waals surface area contributed by atoms with Crippen LogP contribution in [0.4, 0.5) is 5.69 Å². The van der Waals surface area contributed by atoms with Gasteiger partial charge in [-0.3, -0.25) is 5.41 Å². The van der Waals surface area contributed by atoms with E-state index in [-0.39, 0.29) is 5.96 Å². The molecular formula is C11H15N3. The van der Waals surface area contributed by atoms with Crippen LogP contribution < -0.4 is 10.6 Å². The summed E-state index contributed by atoms with van der Waals surface area (Å²) in [4.78, 5) is 1.90. The third-order valence-corrected chi connectivity index (χ3v) is 2.78. The second-order valence-electron chi connectivity index (χ2n) is 3.77. The number of hydrogen-bond donors (Lipinski definition) is 2. The summed E-state index contributed by atoms with van der Waals surface area (Å²) in [6.45, 7) is 2.11. The summed E-state index contributed by atoms with van der Waals surface area (Å²) in [5.74, 6) is 0.143. The zero-order valence-corrected chi connectivity index (χ0v) is 8.33. The van der Waals surface area contributed by atoms with Crippen LogP contribution in [0.5, 0.6) is 0 Å². The van der Waals surface area contributed by atoms with Gasteiger partial charge in [0.2, 0.25) is 0 Å². The van der Waals surface area contributed by atoms with Gasteiger partial charge >= 0.3 is 0 Å². The highest BCUT2D eigenvalue weighted by molar-refractivity contribution is 5.94. The van der Waals surface area contributed by atoms with Crippen LogP contribution in [0, 0.1) is 5.41 Å². The first-order valence-electron chi connectivity index (χ1n) is 4.91. The number of nitrogens with two attached hydrogens (primary N) is 1. The SMILES string of the molecule is CC1CCc2ccccc2N1C(=N)N. The Morgan fingerprint density at radius 3 is 2.93 bits per heavy atom. The van der Waals surface area contributed by atoms with Crippen LogP contribution >= 0.6 is 0 Å². The molecule has 1 unspecified atom stereocenters. The Labute approximate surface area is 84.0 Å². The van der Waals surface area contributed by atoms with Crippen molar-refractivity contribution in [3.63, 3.8) is 0 Å². The van der Waals surface area contributed by atoms with E-state index >= 15 is 0 Å². The van der Waals surface area contributed by atoms with E-state index < -0.39 is 0 Å². The number of aryl methyl sites for hydroxylation is 1. The summed E-state index contributed by atoms with van der Waals surface area (Å²) in [6, 6.07) is 8.51. The van der Waals surface area contributed by atoms with Gasteiger partial charge < -0.3 is 10.6 Å². The summed E-state index contributed by atoms with van der Waals surface area (Å²) in [5.41, 5.74) is 7.97. The van der Waals surface area contributed by atoms with Gasteiger partial charge in [-0.05, 0) is 31.4 Å². The molecule has 0 saturated heterocycles. The molecule has 0 fully saturated rings. The molecule has 1 atom stereocenters. The molecule has 0 bridgehead atoms. The Bertz CT molecular complexity index is 359. The predicted molar refractivity (Wildman–Crippen MR) is 58.6 cm³/mol. The fourth-order valence-corrected chi connectivity index (χ4v) is 2.06. The molecule has 2 rings (SSSR count). The Balaban J connectivity index is 2.46. The van der Waals surface area contributed by atoms with Crippen LogP contribution in [0.2, 0.25) is 0 Å². The van der Waals surface area contributed by atoms with Gasteiger partial charge in [-0.1, -0.05) is 18.2 Å². The van der Waals surface area contributed by atoms with Gasteiger partial charge in [-0.25, -0.2) is 0 Å². The fourth-order valence-electron chi connectivity index (χ4n) is 2.06. The molecule has 0 radical (unpaired) electrons. The van der Waals surface area contributed by atoms with Gasteiger partial charge in [-0.15, -0.1) is 0 Å². The van der Waals surface area contributed by atoms with Gasteiger partial charge in [0.25, 0.3) is 0 Å². The minimum atomic E-state index is 0.143. The topological polar surface area (TPSA) is 53.1 Å². The first-order valence-corrected chi connectivity index (χ1v) is 4.91. The van der Waals surface area contributed by atoms with Gasteiger partial charge in [0, 0.05) is 11.7 Å². The summed E-state index contributed by atoms with van der Waals surface area (Å²) in [5, 5.41) is 7.55.